The summed E-state index contributed by atoms with van der Waals surface area (Å²) in [4.78, 5) is 0. The molecule has 0 atom stereocenters. The van der Waals surface area contributed by atoms with Gasteiger partial charge in [-0.3, -0.25) is 0 Å². The number of fused-ring (bicyclic) bond motifs is 1. The number of hydrogen-bond acceptors (Lipinski definition) is 2. The van der Waals surface area contributed by atoms with E-state index in [1.165, 1.54) is 28.1 Å². The Bertz CT molecular complexity index is 861. The first-order valence-electron chi connectivity index (χ1n) is 7.70. The lowest BCUT2D eigenvalue weighted by Gasteiger charge is -2.13. The minimum atomic E-state index is 0.471. The van der Waals surface area contributed by atoms with Crippen LogP contribution in [0.3, 0.4) is 0 Å². The first kappa shape index (κ1) is 15.1. The molecule has 0 radical (unpaired) electrons. The SMILES string of the molecule is N/C=C\C=C(/CN)c1ccc(-c2ccccc2)c2ccccc12. The lowest BCUT2D eigenvalue weighted by molar-refractivity contribution is 1.27. The summed E-state index contributed by atoms with van der Waals surface area (Å²) in [6.45, 7) is 0.471. The second-order valence-electron chi connectivity index (χ2n) is 5.35. The summed E-state index contributed by atoms with van der Waals surface area (Å²) in [6, 6.07) is 23.2. The van der Waals surface area contributed by atoms with Gasteiger partial charge in [0.15, 0.2) is 0 Å². The highest BCUT2D eigenvalue weighted by Crippen LogP contribution is 2.33. The van der Waals surface area contributed by atoms with Crippen LogP contribution in [0.1, 0.15) is 5.56 Å². The molecule has 4 N–H and O–H groups in total. The van der Waals surface area contributed by atoms with Crippen molar-refractivity contribution in [3.8, 4) is 11.1 Å². The molecule has 114 valence electrons. The second kappa shape index (κ2) is 6.95. The maximum Gasteiger partial charge on any atom is 0.0184 e. The zero-order valence-electron chi connectivity index (χ0n) is 12.9. The van der Waals surface area contributed by atoms with E-state index < -0.39 is 0 Å². The van der Waals surface area contributed by atoms with Crippen LogP contribution in [0, 0.1) is 0 Å². The molecule has 0 saturated heterocycles. The van der Waals surface area contributed by atoms with E-state index in [1.54, 1.807) is 0 Å². The van der Waals surface area contributed by atoms with Crippen molar-refractivity contribution in [2.75, 3.05) is 6.54 Å². The van der Waals surface area contributed by atoms with Crippen molar-refractivity contribution in [1.82, 2.24) is 0 Å². The molecule has 3 rings (SSSR count). The van der Waals surface area contributed by atoms with Gasteiger partial charge >= 0.3 is 0 Å². The molecule has 0 aliphatic heterocycles. The Morgan fingerprint density at radius 3 is 2.22 bits per heavy atom. The molecule has 0 aliphatic rings. The van der Waals surface area contributed by atoms with Crippen molar-refractivity contribution in [3.63, 3.8) is 0 Å². The Morgan fingerprint density at radius 1 is 0.826 bits per heavy atom. The topological polar surface area (TPSA) is 52.0 Å². The van der Waals surface area contributed by atoms with Crippen LogP contribution >= 0.6 is 0 Å². The van der Waals surface area contributed by atoms with Gasteiger partial charge in [-0.25, -0.2) is 0 Å². The predicted octanol–water partition coefficient (Wildman–Crippen LogP) is 4.32. The summed E-state index contributed by atoms with van der Waals surface area (Å²) in [6.07, 6.45) is 5.32. The van der Waals surface area contributed by atoms with Crippen LogP contribution in [0.25, 0.3) is 27.5 Å². The number of hydrogen-bond donors (Lipinski definition) is 2. The van der Waals surface area contributed by atoms with E-state index in [9.17, 15) is 0 Å². The van der Waals surface area contributed by atoms with E-state index in [2.05, 4.69) is 60.7 Å². The van der Waals surface area contributed by atoms with Gasteiger partial charge in [-0.15, -0.1) is 0 Å². The lowest BCUT2D eigenvalue weighted by atomic mass is 9.92. The van der Waals surface area contributed by atoms with E-state index in [0.29, 0.717) is 6.54 Å². The van der Waals surface area contributed by atoms with E-state index >= 15 is 0 Å². The van der Waals surface area contributed by atoms with Gasteiger partial charge in [0.25, 0.3) is 0 Å². The minimum absolute atomic E-state index is 0.471. The Labute approximate surface area is 136 Å². The van der Waals surface area contributed by atoms with Gasteiger partial charge in [0.05, 0.1) is 0 Å². The molecule has 0 unspecified atom stereocenters. The Kier molecular flexibility index (Phi) is 4.55. The van der Waals surface area contributed by atoms with Crippen molar-refractivity contribution in [3.05, 3.63) is 90.6 Å². The maximum absolute atomic E-state index is 5.94. The summed E-state index contributed by atoms with van der Waals surface area (Å²) < 4.78 is 0. The van der Waals surface area contributed by atoms with E-state index in [-0.39, 0.29) is 0 Å². The Balaban J connectivity index is 2.25. The van der Waals surface area contributed by atoms with Crippen molar-refractivity contribution >= 4 is 16.3 Å². The molecular formula is C21H20N2. The summed E-state index contributed by atoms with van der Waals surface area (Å²) in [7, 11) is 0. The third-order valence-electron chi connectivity index (χ3n) is 3.98. The number of rotatable bonds is 4. The molecule has 0 aliphatic carbocycles. The molecule has 2 heteroatoms. The summed E-state index contributed by atoms with van der Waals surface area (Å²) >= 11 is 0. The van der Waals surface area contributed by atoms with Gasteiger partial charge < -0.3 is 11.5 Å². The number of allylic oxidation sites excluding steroid dienone is 2. The quantitative estimate of drug-likeness (QED) is 0.705. The summed E-state index contributed by atoms with van der Waals surface area (Å²) in [5.74, 6) is 0. The number of nitrogens with two attached hydrogens (primary N) is 2. The predicted molar refractivity (Wildman–Crippen MR) is 99.7 cm³/mol. The van der Waals surface area contributed by atoms with Crippen LogP contribution in [-0.2, 0) is 0 Å². The van der Waals surface area contributed by atoms with Gasteiger partial charge in [0.2, 0.25) is 0 Å². The van der Waals surface area contributed by atoms with Crippen molar-refractivity contribution in [2.24, 2.45) is 11.5 Å². The summed E-state index contributed by atoms with van der Waals surface area (Å²) in [5.41, 5.74) is 16.1. The smallest absolute Gasteiger partial charge is 0.0184 e. The highest BCUT2D eigenvalue weighted by molar-refractivity contribution is 6.03. The van der Waals surface area contributed by atoms with Crippen LogP contribution < -0.4 is 11.5 Å². The zero-order valence-corrected chi connectivity index (χ0v) is 12.9. The third-order valence-corrected chi connectivity index (χ3v) is 3.98. The molecule has 0 aromatic heterocycles. The molecule has 3 aromatic carbocycles. The molecule has 0 fully saturated rings. The first-order valence-corrected chi connectivity index (χ1v) is 7.70. The fraction of sp³-hybridized carbons (Fsp3) is 0.0476. The van der Waals surface area contributed by atoms with Gasteiger partial charge in [-0.1, -0.05) is 72.8 Å². The molecular weight excluding hydrogens is 280 g/mol. The average Bonchev–Trinajstić information content (AvgIpc) is 2.63. The van der Waals surface area contributed by atoms with Crippen LogP contribution in [0.5, 0.6) is 0 Å². The lowest BCUT2D eigenvalue weighted by Crippen LogP contribution is -2.03. The van der Waals surface area contributed by atoms with Gasteiger partial charge in [0, 0.05) is 6.54 Å². The largest absolute Gasteiger partial charge is 0.405 e. The monoisotopic (exact) mass is 300 g/mol. The zero-order chi connectivity index (χ0) is 16.1. The number of benzene rings is 3. The van der Waals surface area contributed by atoms with Gasteiger partial charge in [-0.2, -0.15) is 0 Å². The van der Waals surface area contributed by atoms with Crippen LogP contribution in [0.4, 0.5) is 0 Å². The molecule has 0 amide bonds. The average molecular weight is 300 g/mol. The first-order chi connectivity index (χ1) is 11.3. The molecule has 0 heterocycles. The van der Waals surface area contributed by atoms with Crippen LogP contribution in [0.15, 0.2) is 85.1 Å². The van der Waals surface area contributed by atoms with E-state index in [4.69, 9.17) is 11.5 Å². The molecule has 0 bridgehead atoms. The highest BCUT2D eigenvalue weighted by Gasteiger charge is 2.09. The minimum Gasteiger partial charge on any atom is -0.405 e. The van der Waals surface area contributed by atoms with E-state index in [1.807, 2.05) is 18.2 Å². The molecule has 3 aromatic rings. The van der Waals surface area contributed by atoms with Crippen molar-refractivity contribution in [1.29, 1.82) is 0 Å². The molecule has 0 saturated carbocycles. The standard InChI is InChI=1S/C21H20N2/c22-14-6-9-17(15-23)19-13-12-18(16-7-2-1-3-8-16)20-10-4-5-11-21(19)20/h1-14H,15,22-23H2/b14-6-,17-9+. The van der Waals surface area contributed by atoms with Crippen LogP contribution in [-0.4, -0.2) is 6.54 Å². The van der Waals surface area contributed by atoms with Gasteiger partial charge in [-0.05, 0) is 45.3 Å². The fourth-order valence-electron chi connectivity index (χ4n) is 2.89. The third kappa shape index (κ3) is 3.03. The fourth-order valence-corrected chi connectivity index (χ4v) is 2.89. The molecule has 2 nitrogen and oxygen atoms in total. The Hall–Kier alpha value is -2.84. The molecule has 23 heavy (non-hydrogen) atoms. The molecule has 0 spiro atoms. The van der Waals surface area contributed by atoms with Crippen LogP contribution in [0.2, 0.25) is 0 Å². The maximum atomic E-state index is 5.94. The highest BCUT2D eigenvalue weighted by atomic mass is 14.5. The normalized spacial score (nSPS) is 12.1. The van der Waals surface area contributed by atoms with Gasteiger partial charge in [0.1, 0.15) is 0 Å². The van der Waals surface area contributed by atoms with E-state index in [0.717, 1.165) is 11.1 Å². The second-order valence-corrected chi connectivity index (χ2v) is 5.35. The summed E-state index contributed by atoms with van der Waals surface area (Å²) in [5, 5.41) is 2.43. The van der Waals surface area contributed by atoms with Crippen molar-refractivity contribution < 1.29 is 0 Å². The Morgan fingerprint density at radius 2 is 1.52 bits per heavy atom. The van der Waals surface area contributed by atoms with Crippen molar-refractivity contribution in [2.45, 2.75) is 0 Å².